The van der Waals surface area contributed by atoms with Crippen LogP contribution < -0.4 is 5.32 Å². The van der Waals surface area contributed by atoms with Gasteiger partial charge in [-0.2, -0.15) is 0 Å². The van der Waals surface area contributed by atoms with Crippen molar-refractivity contribution in [2.75, 3.05) is 33.4 Å². The Balaban J connectivity index is 0.00000225. The van der Waals surface area contributed by atoms with Gasteiger partial charge in [0.1, 0.15) is 6.10 Å². The van der Waals surface area contributed by atoms with Gasteiger partial charge in [0.2, 0.25) is 5.89 Å². The zero-order chi connectivity index (χ0) is 18.5. The molecule has 2 fully saturated rings. The topological polar surface area (TPSA) is 72.1 Å². The van der Waals surface area contributed by atoms with Crippen LogP contribution in [0.1, 0.15) is 18.7 Å². The number of hydrogen-bond acceptors (Lipinski definition) is 5. The highest BCUT2D eigenvalue weighted by Gasteiger charge is 2.32. The predicted octanol–water partition coefficient (Wildman–Crippen LogP) is 2.91. The summed E-state index contributed by atoms with van der Waals surface area (Å²) in [4.78, 5) is 11.0. The number of aliphatic imine (C=N–C) groups is 1. The fourth-order valence-electron chi connectivity index (χ4n) is 3.60. The van der Waals surface area contributed by atoms with Gasteiger partial charge in [0.05, 0.1) is 25.5 Å². The van der Waals surface area contributed by atoms with Gasteiger partial charge in [-0.15, -0.1) is 24.0 Å². The van der Waals surface area contributed by atoms with E-state index in [1.807, 2.05) is 30.3 Å². The Morgan fingerprint density at radius 3 is 2.79 bits per heavy atom. The van der Waals surface area contributed by atoms with Gasteiger partial charge in [0.25, 0.3) is 0 Å². The first-order valence-electron chi connectivity index (χ1n) is 9.52. The first-order chi connectivity index (χ1) is 13.3. The first kappa shape index (κ1) is 21.1. The smallest absolute Gasteiger partial charge is 0.214 e. The summed E-state index contributed by atoms with van der Waals surface area (Å²) in [7, 11) is 1.80. The van der Waals surface area contributed by atoms with Crippen LogP contribution in [0.2, 0.25) is 0 Å². The molecule has 0 saturated carbocycles. The van der Waals surface area contributed by atoms with Crippen LogP contribution >= 0.6 is 24.0 Å². The van der Waals surface area contributed by atoms with Gasteiger partial charge in [-0.1, -0.05) is 30.3 Å². The molecule has 0 amide bonds. The average Bonchev–Trinajstić information content (AvgIpc) is 3.42. The number of hydrogen-bond donors (Lipinski definition) is 1. The number of oxazole rings is 1. The lowest BCUT2D eigenvalue weighted by Gasteiger charge is -2.37. The third kappa shape index (κ3) is 5.03. The van der Waals surface area contributed by atoms with Gasteiger partial charge in [0.15, 0.2) is 11.7 Å². The molecule has 3 heterocycles. The minimum atomic E-state index is 0. The molecule has 2 saturated heterocycles. The van der Waals surface area contributed by atoms with Crippen LogP contribution in [0, 0.1) is 0 Å². The number of benzene rings is 1. The van der Waals surface area contributed by atoms with Gasteiger partial charge >= 0.3 is 0 Å². The molecule has 0 aliphatic carbocycles. The highest BCUT2D eigenvalue weighted by Crippen LogP contribution is 2.22. The number of nitrogens with one attached hydrogen (secondary N) is 1. The van der Waals surface area contributed by atoms with Crippen molar-refractivity contribution in [1.29, 1.82) is 0 Å². The summed E-state index contributed by atoms with van der Waals surface area (Å²) in [5.41, 5.74) is 1.02. The molecule has 152 valence electrons. The van der Waals surface area contributed by atoms with E-state index < -0.39 is 0 Å². The van der Waals surface area contributed by atoms with Gasteiger partial charge in [-0.25, -0.2) is 4.98 Å². The maximum Gasteiger partial charge on any atom is 0.214 e. The third-order valence-corrected chi connectivity index (χ3v) is 4.99. The maximum absolute atomic E-state index is 5.92. The number of guanidine groups is 1. The van der Waals surface area contributed by atoms with Crippen molar-refractivity contribution in [3.05, 3.63) is 42.4 Å². The summed E-state index contributed by atoms with van der Waals surface area (Å²) in [6.45, 7) is 3.60. The summed E-state index contributed by atoms with van der Waals surface area (Å²) in [5, 5.41) is 3.35. The van der Waals surface area contributed by atoms with E-state index in [1.165, 1.54) is 0 Å². The van der Waals surface area contributed by atoms with E-state index in [-0.39, 0.29) is 36.2 Å². The van der Waals surface area contributed by atoms with E-state index >= 15 is 0 Å². The van der Waals surface area contributed by atoms with E-state index in [2.05, 4.69) is 20.2 Å². The lowest BCUT2D eigenvalue weighted by molar-refractivity contribution is -0.0817. The van der Waals surface area contributed by atoms with Crippen LogP contribution in [0.5, 0.6) is 0 Å². The van der Waals surface area contributed by atoms with Crippen LogP contribution in [-0.4, -0.2) is 61.4 Å². The van der Waals surface area contributed by atoms with E-state index in [9.17, 15) is 0 Å². The Morgan fingerprint density at radius 1 is 1.21 bits per heavy atom. The van der Waals surface area contributed by atoms with E-state index in [1.54, 1.807) is 13.2 Å². The van der Waals surface area contributed by atoms with Crippen LogP contribution in [0.3, 0.4) is 0 Å². The predicted molar refractivity (Wildman–Crippen MR) is 118 cm³/mol. The molecule has 1 aromatic carbocycles. The monoisotopic (exact) mass is 498 g/mol. The molecule has 2 aliphatic rings. The Hall–Kier alpha value is -1.65. The van der Waals surface area contributed by atoms with E-state index in [0.717, 1.165) is 49.8 Å². The molecule has 0 bridgehead atoms. The number of halogens is 1. The number of nitrogens with zero attached hydrogens (tertiary/aromatic N) is 3. The zero-order valence-electron chi connectivity index (χ0n) is 16.0. The normalized spacial score (nSPS) is 22.8. The fourth-order valence-corrected chi connectivity index (χ4v) is 3.60. The Morgan fingerprint density at radius 2 is 2.04 bits per heavy atom. The maximum atomic E-state index is 5.92. The highest BCUT2D eigenvalue weighted by atomic mass is 127. The molecule has 2 atom stereocenters. The highest BCUT2D eigenvalue weighted by molar-refractivity contribution is 14.0. The number of aromatic nitrogens is 1. The molecule has 2 aromatic rings. The van der Waals surface area contributed by atoms with E-state index in [4.69, 9.17) is 13.9 Å². The van der Waals surface area contributed by atoms with Crippen molar-refractivity contribution < 1.29 is 13.9 Å². The third-order valence-electron chi connectivity index (χ3n) is 4.99. The van der Waals surface area contributed by atoms with Crippen molar-refractivity contribution in [2.45, 2.75) is 31.6 Å². The molecule has 7 nitrogen and oxygen atoms in total. The molecular weight excluding hydrogens is 471 g/mol. The lowest BCUT2D eigenvalue weighted by atomic mass is 10.1. The standard InChI is InChI=1S/C20H26N4O3.HI/c1-21-20(24-9-11-26-18(14-24)16-8-5-10-25-16)23-13-19-22-12-17(27-19)15-6-3-2-4-7-15;/h2-4,6-7,12,16,18H,5,8-11,13-14H2,1H3,(H,21,23);1H. The summed E-state index contributed by atoms with van der Waals surface area (Å²) >= 11 is 0. The van der Waals surface area contributed by atoms with Crippen molar-refractivity contribution in [1.82, 2.24) is 15.2 Å². The molecular formula is C20H27IN4O3. The largest absolute Gasteiger partial charge is 0.439 e. The number of morpholine rings is 1. The van der Waals surface area contributed by atoms with Crippen molar-refractivity contribution in [3.8, 4) is 11.3 Å². The lowest BCUT2D eigenvalue weighted by Crippen LogP contribution is -2.53. The fraction of sp³-hybridized carbons (Fsp3) is 0.500. The summed E-state index contributed by atoms with van der Waals surface area (Å²) in [5.74, 6) is 2.24. The quantitative estimate of drug-likeness (QED) is 0.397. The minimum Gasteiger partial charge on any atom is -0.439 e. The van der Waals surface area contributed by atoms with Crippen LogP contribution in [0.4, 0.5) is 0 Å². The molecule has 8 heteroatoms. The second-order valence-corrected chi connectivity index (χ2v) is 6.79. The van der Waals surface area contributed by atoms with Crippen molar-refractivity contribution >= 4 is 29.9 Å². The van der Waals surface area contributed by atoms with Crippen LogP contribution in [-0.2, 0) is 16.0 Å². The Kier molecular flexibility index (Phi) is 7.69. The first-order valence-corrected chi connectivity index (χ1v) is 9.52. The molecule has 1 aromatic heterocycles. The van der Waals surface area contributed by atoms with Gasteiger partial charge < -0.3 is 24.1 Å². The van der Waals surface area contributed by atoms with Crippen LogP contribution in [0.25, 0.3) is 11.3 Å². The van der Waals surface area contributed by atoms with Gasteiger partial charge in [-0.3, -0.25) is 4.99 Å². The molecule has 4 rings (SSSR count). The average molecular weight is 498 g/mol. The molecule has 2 unspecified atom stereocenters. The second kappa shape index (κ2) is 10.2. The Bertz CT molecular complexity index is 762. The summed E-state index contributed by atoms with van der Waals surface area (Å²) < 4.78 is 17.6. The number of ether oxygens (including phenoxy) is 2. The molecule has 2 aliphatic heterocycles. The van der Waals surface area contributed by atoms with Gasteiger partial charge in [-0.05, 0) is 12.8 Å². The summed E-state index contributed by atoms with van der Waals surface area (Å²) in [6.07, 6.45) is 4.25. The van der Waals surface area contributed by atoms with Crippen LogP contribution in [0.15, 0.2) is 45.9 Å². The SMILES string of the molecule is CN=C(NCc1ncc(-c2ccccc2)o1)N1CCOC(C2CCCO2)C1.I. The van der Waals surface area contributed by atoms with Gasteiger partial charge in [0, 0.05) is 32.3 Å². The molecule has 1 N–H and O–H groups in total. The molecule has 0 radical (unpaired) electrons. The van der Waals surface area contributed by atoms with Crippen molar-refractivity contribution in [3.63, 3.8) is 0 Å². The Labute approximate surface area is 182 Å². The van der Waals surface area contributed by atoms with E-state index in [0.29, 0.717) is 19.0 Å². The molecule has 0 spiro atoms. The summed E-state index contributed by atoms with van der Waals surface area (Å²) in [6, 6.07) is 9.98. The second-order valence-electron chi connectivity index (χ2n) is 6.79. The van der Waals surface area contributed by atoms with Crippen molar-refractivity contribution in [2.24, 2.45) is 4.99 Å². The minimum absolute atomic E-state index is 0. The number of rotatable bonds is 4. The molecule has 28 heavy (non-hydrogen) atoms. The zero-order valence-corrected chi connectivity index (χ0v) is 18.4.